The lowest BCUT2D eigenvalue weighted by Gasteiger charge is -2.53. The van der Waals surface area contributed by atoms with E-state index in [-0.39, 0.29) is 34.7 Å². The molecule has 6 heteroatoms. The Kier molecular flexibility index (Phi) is 5.59. The highest BCUT2D eigenvalue weighted by Gasteiger charge is 2.72. The van der Waals surface area contributed by atoms with Crippen LogP contribution in [0.4, 0.5) is 0 Å². The van der Waals surface area contributed by atoms with Crippen molar-refractivity contribution < 1.29 is 29.9 Å². The van der Waals surface area contributed by atoms with Crippen molar-refractivity contribution >= 4 is 0 Å². The summed E-state index contributed by atoms with van der Waals surface area (Å²) in [5.74, 6) is -0.0294. The fraction of sp³-hybridized carbons (Fsp3) is 0.867. The van der Waals surface area contributed by atoms with Crippen LogP contribution < -0.4 is 0 Å². The Bertz CT molecular complexity index is 986. The lowest BCUT2D eigenvalue weighted by atomic mass is 9.51. The van der Waals surface area contributed by atoms with Crippen LogP contribution in [-0.2, 0) is 9.47 Å². The van der Waals surface area contributed by atoms with Gasteiger partial charge in [-0.2, -0.15) is 0 Å². The number of fused-ring (bicyclic) bond motifs is 6. The largest absolute Gasteiger partial charge is 0.393 e. The fourth-order valence-corrected chi connectivity index (χ4v) is 9.95. The van der Waals surface area contributed by atoms with E-state index in [1.165, 1.54) is 11.1 Å². The zero-order valence-corrected chi connectivity index (χ0v) is 22.8. The van der Waals surface area contributed by atoms with E-state index in [0.717, 1.165) is 32.1 Å². The summed E-state index contributed by atoms with van der Waals surface area (Å²) < 4.78 is 12.6. The number of ether oxygens (including phenoxy) is 2. The van der Waals surface area contributed by atoms with Crippen molar-refractivity contribution in [3.8, 4) is 0 Å². The Hall–Kier alpha value is -0.760. The summed E-state index contributed by atoms with van der Waals surface area (Å²) >= 11 is 0. The number of rotatable bonds is 2. The SMILES string of the molecule is CC(C)[C@]1(O)[C@H]2O[C@@H](O)[C@@H]([C@H]3[C@H](O)CC4C5=CCC6C[C@@H](O)CC[C@]6(C)C5=CC[C@@]43C)[C@H]2OC1(C)C. The van der Waals surface area contributed by atoms with E-state index >= 15 is 0 Å². The quantitative estimate of drug-likeness (QED) is 0.459. The molecule has 0 bridgehead atoms. The molecular weight excluding hydrogens is 456 g/mol. The minimum atomic E-state index is -1.22. The molecule has 0 aromatic heterocycles. The molecule has 4 N–H and O–H groups in total. The summed E-state index contributed by atoms with van der Waals surface area (Å²) in [5, 5.41) is 44.9. The standard InChI is InChI=1S/C30H46O6/c1-15(2)30(34)25-24(36-27(30,3)4)22(26(33)35-25)23-21(32)14-20-18-8-7-16-13-17(31)9-11-28(16,5)19(18)10-12-29(20,23)6/h8,10,15-17,20-26,31-34H,7,9,11-14H2,1-6H3/t16?,17-,20?,21+,22-,23+,24+,25-,26+,28-,29-,30-/m0/s1. The van der Waals surface area contributed by atoms with Gasteiger partial charge < -0.3 is 29.9 Å². The molecular formula is C30H46O6. The summed E-state index contributed by atoms with van der Waals surface area (Å²) in [6.07, 6.45) is 7.09. The molecule has 4 fully saturated rings. The van der Waals surface area contributed by atoms with Gasteiger partial charge in [0.1, 0.15) is 11.7 Å². The Morgan fingerprint density at radius 3 is 2.44 bits per heavy atom. The highest BCUT2D eigenvalue weighted by Crippen LogP contribution is 2.67. The molecule has 2 heterocycles. The summed E-state index contributed by atoms with van der Waals surface area (Å²) in [5.41, 5.74) is 0.631. The summed E-state index contributed by atoms with van der Waals surface area (Å²) in [6, 6.07) is 0. The molecule has 12 atom stereocenters. The molecule has 0 spiro atoms. The number of hydrogen-bond donors (Lipinski definition) is 4. The van der Waals surface area contributed by atoms with Gasteiger partial charge in [-0.1, -0.05) is 39.8 Å². The molecule has 202 valence electrons. The van der Waals surface area contributed by atoms with Crippen molar-refractivity contribution in [2.75, 3.05) is 0 Å². The van der Waals surface area contributed by atoms with E-state index < -0.39 is 41.7 Å². The van der Waals surface area contributed by atoms with Crippen LogP contribution in [0.15, 0.2) is 23.3 Å². The molecule has 2 unspecified atom stereocenters. The van der Waals surface area contributed by atoms with Crippen LogP contribution in [0.1, 0.15) is 80.1 Å². The first kappa shape index (κ1) is 25.5. The topological polar surface area (TPSA) is 99.4 Å². The zero-order valence-electron chi connectivity index (χ0n) is 22.8. The lowest BCUT2D eigenvalue weighted by molar-refractivity contribution is -0.219. The highest BCUT2D eigenvalue weighted by molar-refractivity contribution is 5.47. The van der Waals surface area contributed by atoms with Gasteiger partial charge in [0.15, 0.2) is 6.29 Å². The third-order valence-corrected chi connectivity index (χ3v) is 12.0. The predicted molar refractivity (Wildman–Crippen MR) is 136 cm³/mol. The molecule has 0 radical (unpaired) electrons. The molecule has 6 rings (SSSR count). The van der Waals surface area contributed by atoms with Gasteiger partial charge in [0.2, 0.25) is 0 Å². The van der Waals surface area contributed by atoms with Gasteiger partial charge in [0.25, 0.3) is 0 Å². The van der Waals surface area contributed by atoms with Crippen LogP contribution in [0.5, 0.6) is 0 Å². The fourth-order valence-electron chi connectivity index (χ4n) is 9.95. The van der Waals surface area contributed by atoms with Gasteiger partial charge in [-0.15, -0.1) is 0 Å². The highest BCUT2D eigenvalue weighted by atomic mass is 16.7. The van der Waals surface area contributed by atoms with E-state index in [9.17, 15) is 20.4 Å². The predicted octanol–water partition coefficient (Wildman–Crippen LogP) is 3.72. The zero-order chi connectivity index (χ0) is 26.0. The first-order valence-corrected chi connectivity index (χ1v) is 14.3. The Morgan fingerprint density at radius 2 is 1.75 bits per heavy atom. The molecule has 2 saturated heterocycles. The molecule has 6 nitrogen and oxygen atoms in total. The maximum absolute atomic E-state index is 11.8. The van der Waals surface area contributed by atoms with Crippen molar-refractivity contribution in [1.82, 2.24) is 0 Å². The van der Waals surface area contributed by atoms with Gasteiger partial charge in [-0.3, -0.25) is 0 Å². The normalized spacial score (nSPS) is 55.5. The average Bonchev–Trinajstić information content (AvgIpc) is 3.31. The molecule has 2 saturated carbocycles. The van der Waals surface area contributed by atoms with Crippen molar-refractivity contribution in [3.05, 3.63) is 23.3 Å². The van der Waals surface area contributed by atoms with Crippen LogP contribution in [0.2, 0.25) is 0 Å². The summed E-state index contributed by atoms with van der Waals surface area (Å²) in [7, 11) is 0. The molecule has 0 aromatic rings. The van der Waals surface area contributed by atoms with E-state index in [1.54, 1.807) is 0 Å². The first-order chi connectivity index (χ1) is 16.8. The molecule has 4 aliphatic carbocycles. The smallest absolute Gasteiger partial charge is 0.160 e. The Morgan fingerprint density at radius 1 is 1.03 bits per heavy atom. The van der Waals surface area contributed by atoms with Gasteiger partial charge in [-0.25, -0.2) is 0 Å². The van der Waals surface area contributed by atoms with Gasteiger partial charge in [0, 0.05) is 11.8 Å². The minimum Gasteiger partial charge on any atom is -0.393 e. The molecule has 6 aliphatic rings. The molecule has 2 aliphatic heterocycles. The maximum atomic E-state index is 11.8. The van der Waals surface area contributed by atoms with Crippen molar-refractivity contribution in [1.29, 1.82) is 0 Å². The number of allylic oxidation sites excluding steroid dienone is 4. The molecule has 36 heavy (non-hydrogen) atoms. The average molecular weight is 503 g/mol. The monoisotopic (exact) mass is 502 g/mol. The first-order valence-electron chi connectivity index (χ1n) is 14.3. The minimum absolute atomic E-state index is 0.0844. The summed E-state index contributed by atoms with van der Waals surface area (Å²) in [4.78, 5) is 0. The Labute approximate surface area is 215 Å². The van der Waals surface area contributed by atoms with Crippen molar-refractivity contribution in [3.63, 3.8) is 0 Å². The van der Waals surface area contributed by atoms with Crippen LogP contribution in [0, 0.1) is 40.4 Å². The van der Waals surface area contributed by atoms with Crippen molar-refractivity contribution in [2.45, 2.75) is 122 Å². The Balaban J connectivity index is 1.35. The van der Waals surface area contributed by atoms with Gasteiger partial charge >= 0.3 is 0 Å². The lowest BCUT2D eigenvalue weighted by Crippen LogP contribution is -2.57. The van der Waals surface area contributed by atoms with Gasteiger partial charge in [0.05, 0.1) is 23.9 Å². The second kappa shape index (κ2) is 7.89. The van der Waals surface area contributed by atoms with E-state index in [1.807, 2.05) is 27.7 Å². The molecule has 0 amide bonds. The number of aliphatic hydroxyl groups excluding tert-OH is 3. The van der Waals surface area contributed by atoms with Crippen molar-refractivity contribution in [2.24, 2.45) is 40.4 Å². The summed E-state index contributed by atoms with van der Waals surface area (Å²) in [6.45, 7) is 12.4. The van der Waals surface area contributed by atoms with E-state index in [2.05, 4.69) is 26.0 Å². The van der Waals surface area contributed by atoms with E-state index in [4.69, 9.17) is 9.47 Å². The van der Waals surface area contributed by atoms with Crippen LogP contribution in [0.3, 0.4) is 0 Å². The number of hydrogen-bond acceptors (Lipinski definition) is 6. The maximum Gasteiger partial charge on any atom is 0.160 e. The van der Waals surface area contributed by atoms with Crippen LogP contribution >= 0.6 is 0 Å². The van der Waals surface area contributed by atoms with E-state index in [0.29, 0.717) is 12.3 Å². The van der Waals surface area contributed by atoms with Gasteiger partial charge in [-0.05, 0) is 92.1 Å². The number of aliphatic hydroxyl groups is 4. The second-order valence-electron chi connectivity index (χ2n) is 14.2. The third-order valence-electron chi connectivity index (χ3n) is 12.0. The van der Waals surface area contributed by atoms with Crippen LogP contribution in [0.25, 0.3) is 0 Å². The molecule has 0 aromatic carbocycles. The van der Waals surface area contributed by atoms with Crippen LogP contribution in [-0.4, -0.2) is 62.3 Å². The third kappa shape index (κ3) is 3.06. The second-order valence-corrected chi connectivity index (χ2v) is 14.2.